The monoisotopic (exact) mass is 291 g/mol. The van der Waals surface area contributed by atoms with Crippen molar-refractivity contribution >= 4 is 18.3 Å². The molecule has 0 saturated carbocycles. The zero-order chi connectivity index (χ0) is 14.3. The molecule has 0 atom stereocenters. The third-order valence-electron chi connectivity index (χ3n) is 3.02. The molecule has 0 aliphatic carbocycles. The predicted octanol–water partition coefficient (Wildman–Crippen LogP) is 5.10. The van der Waals surface area contributed by atoms with Crippen LogP contribution in [0.5, 0.6) is 0 Å². The van der Waals surface area contributed by atoms with Gasteiger partial charge in [-0.2, -0.15) is 0 Å². The molecular weight excluding hydrogens is 262 g/mol. The SMILES string of the molecule is CCCCCCCCCCCCOSN(C)C(=O)O. The second-order valence-electron chi connectivity index (χ2n) is 4.86. The highest BCUT2D eigenvalue weighted by molar-refractivity contribution is 7.92. The molecule has 0 aromatic rings. The minimum atomic E-state index is -0.979. The van der Waals surface area contributed by atoms with E-state index >= 15 is 0 Å². The lowest BCUT2D eigenvalue weighted by atomic mass is 10.1. The normalized spacial score (nSPS) is 10.6. The van der Waals surface area contributed by atoms with Crippen molar-refractivity contribution in [3.8, 4) is 0 Å². The minimum Gasteiger partial charge on any atom is -0.464 e. The van der Waals surface area contributed by atoms with Crippen LogP contribution in [-0.2, 0) is 4.18 Å². The second kappa shape index (κ2) is 14.0. The molecule has 1 amide bonds. The molecule has 19 heavy (non-hydrogen) atoms. The largest absolute Gasteiger partial charge is 0.464 e. The summed E-state index contributed by atoms with van der Waals surface area (Å²) in [5, 5.41) is 8.58. The molecule has 0 heterocycles. The van der Waals surface area contributed by atoms with Crippen LogP contribution in [0.4, 0.5) is 4.79 Å². The van der Waals surface area contributed by atoms with Gasteiger partial charge in [-0.3, -0.25) is 4.18 Å². The van der Waals surface area contributed by atoms with Gasteiger partial charge in [0.25, 0.3) is 0 Å². The Balaban J connectivity index is 3.05. The van der Waals surface area contributed by atoms with Crippen LogP contribution < -0.4 is 0 Å². The summed E-state index contributed by atoms with van der Waals surface area (Å²) in [6.45, 7) is 2.87. The maximum Gasteiger partial charge on any atom is 0.418 e. The number of carboxylic acid groups (broad SMARTS) is 1. The number of amides is 1. The van der Waals surface area contributed by atoms with Crippen molar-refractivity contribution < 1.29 is 14.1 Å². The van der Waals surface area contributed by atoms with Gasteiger partial charge >= 0.3 is 6.09 Å². The Morgan fingerprint density at radius 1 is 1.00 bits per heavy atom. The Bertz CT molecular complexity index is 215. The first-order valence-electron chi connectivity index (χ1n) is 7.44. The van der Waals surface area contributed by atoms with E-state index in [1.807, 2.05) is 0 Å². The van der Waals surface area contributed by atoms with E-state index < -0.39 is 6.09 Å². The van der Waals surface area contributed by atoms with Crippen LogP contribution >= 0.6 is 12.2 Å². The number of hydrogen-bond donors (Lipinski definition) is 1. The van der Waals surface area contributed by atoms with Gasteiger partial charge in [0.05, 0.1) is 6.61 Å². The van der Waals surface area contributed by atoms with E-state index in [2.05, 4.69) is 6.92 Å². The van der Waals surface area contributed by atoms with Gasteiger partial charge in [0.1, 0.15) is 12.2 Å². The maximum absolute atomic E-state index is 10.5. The maximum atomic E-state index is 10.5. The Hall–Kier alpha value is -0.420. The molecule has 0 saturated heterocycles. The van der Waals surface area contributed by atoms with Crippen LogP contribution in [0, 0.1) is 0 Å². The highest BCUT2D eigenvalue weighted by Gasteiger charge is 2.05. The van der Waals surface area contributed by atoms with Crippen LogP contribution in [0.25, 0.3) is 0 Å². The average Bonchev–Trinajstić information content (AvgIpc) is 2.39. The van der Waals surface area contributed by atoms with Crippen LogP contribution in [-0.4, -0.2) is 29.2 Å². The summed E-state index contributed by atoms with van der Waals surface area (Å²) in [4.78, 5) is 10.5. The van der Waals surface area contributed by atoms with Crippen LogP contribution in [0.1, 0.15) is 71.1 Å². The zero-order valence-electron chi connectivity index (χ0n) is 12.4. The van der Waals surface area contributed by atoms with Gasteiger partial charge in [0.2, 0.25) is 0 Å². The molecule has 0 rings (SSSR count). The topological polar surface area (TPSA) is 49.8 Å². The van der Waals surface area contributed by atoms with Gasteiger partial charge in [-0.1, -0.05) is 64.7 Å². The summed E-state index contributed by atoms with van der Waals surface area (Å²) in [5.41, 5.74) is 0. The van der Waals surface area contributed by atoms with Crippen molar-refractivity contribution in [3.63, 3.8) is 0 Å². The zero-order valence-corrected chi connectivity index (χ0v) is 13.2. The van der Waals surface area contributed by atoms with Crippen LogP contribution in [0.3, 0.4) is 0 Å². The molecular formula is C14H29NO3S. The highest BCUT2D eigenvalue weighted by Crippen LogP contribution is 2.12. The molecule has 0 fully saturated rings. The van der Waals surface area contributed by atoms with Gasteiger partial charge < -0.3 is 5.11 Å². The molecule has 0 aliphatic heterocycles. The lowest BCUT2D eigenvalue weighted by molar-refractivity contribution is 0.178. The summed E-state index contributed by atoms with van der Waals surface area (Å²) >= 11 is 0.898. The first kappa shape index (κ1) is 18.6. The Kier molecular flexibility index (Phi) is 13.7. The molecule has 0 aromatic heterocycles. The molecule has 0 radical (unpaired) electrons. The van der Waals surface area contributed by atoms with E-state index in [1.165, 1.54) is 64.8 Å². The lowest BCUT2D eigenvalue weighted by Gasteiger charge is -2.10. The van der Waals surface area contributed by atoms with Gasteiger partial charge in [0, 0.05) is 7.05 Å². The van der Waals surface area contributed by atoms with Crippen LogP contribution in [0.15, 0.2) is 0 Å². The first-order valence-corrected chi connectivity index (χ1v) is 8.14. The Labute approximate surface area is 122 Å². The quantitative estimate of drug-likeness (QED) is 0.291. The van der Waals surface area contributed by atoms with Crippen LogP contribution in [0.2, 0.25) is 0 Å². The van der Waals surface area contributed by atoms with E-state index in [4.69, 9.17) is 9.29 Å². The number of hydrogen-bond acceptors (Lipinski definition) is 3. The van der Waals surface area contributed by atoms with Crippen molar-refractivity contribution in [1.29, 1.82) is 0 Å². The fourth-order valence-corrected chi connectivity index (χ4v) is 2.21. The summed E-state index contributed by atoms with van der Waals surface area (Å²) in [7, 11) is 1.48. The molecule has 1 N–H and O–H groups in total. The minimum absolute atomic E-state index is 0.624. The van der Waals surface area contributed by atoms with E-state index in [-0.39, 0.29) is 0 Å². The summed E-state index contributed by atoms with van der Waals surface area (Å²) in [6, 6.07) is 0. The Morgan fingerprint density at radius 3 is 1.95 bits per heavy atom. The van der Waals surface area contributed by atoms with Gasteiger partial charge in [-0.15, -0.1) is 0 Å². The van der Waals surface area contributed by atoms with Crippen molar-refractivity contribution in [1.82, 2.24) is 4.31 Å². The summed E-state index contributed by atoms with van der Waals surface area (Å²) < 4.78 is 6.26. The van der Waals surface area contributed by atoms with Crippen molar-refractivity contribution in [3.05, 3.63) is 0 Å². The molecule has 5 heteroatoms. The summed E-state index contributed by atoms with van der Waals surface area (Å²) in [6.07, 6.45) is 12.0. The number of unbranched alkanes of at least 4 members (excludes halogenated alkanes) is 9. The summed E-state index contributed by atoms with van der Waals surface area (Å²) in [5.74, 6) is 0. The molecule has 0 bridgehead atoms. The number of nitrogens with zero attached hydrogens (tertiary/aromatic N) is 1. The fraction of sp³-hybridized carbons (Fsp3) is 0.929. The average molecular weight is 291 g/mol. The standard InChI is InChI=1S/C14H29NO3S/c1-3-4-5-6-7-8-9-10-11-12-13-18-19-15(2)14(16)17/h3-13H2,1-2H3,(H,16,17). The molecule has 0 spiro atoms. The highest BCUT2D eigenvalue weighted by atomic mass is 32.2. The second-order valence-corrected chi connectivity index (χ2v) is 5.79. The van der Waals surface area contributed by atoms with Gasteiger partial charge in [0.15, 0.2) is 0 Å². The fourth-order valence-electron chi connectivity index (χ4n) is 1.80. The van der Waals surface area contributed by atoms with E-state index in [0.717, 1.165) is 23.0 Å². The smallest absolute Gasteiger partial charge is 0.418 e. The number of carbonyl (C=O) groups is 1. The Morgan fingerprint density at radius 2 is 1.47 bits per heavy atom. The molecule has 0 unspecified atom stereocenters. The predicted molar refractivity (Wildman–Crippen MR) is 81.2 cm³/mol. The van der Waals surface area contributed by atoms with Crippen molar-refractivity contribution in [2.75, 3.05) is 13.7 Å². The lowest BCUT2D eigenvalue weighted by Crippen LogP contribution is -2.16. The molecule has 4 nitrogen and oxygen atoms in total. The van der Waals surface area contributed by atoms with Crippen molar-refractivity contribution in [2.45, 2.75) is 71.1 Å². The first-order chi connectivity index (χ1) is 9.18. The van der Waals surface area contributed by atoms with Crippen molar-refractivity contribution in [2.24, 2.45) is 0 Å². The van der Waals surface area contributed by atoms with E-state index in [1.54, 1.807) is 0 Å². The molecule has 0 aromatic carbocycles. The molecule has 0 aliphatic rings. The van der Waals surface area contributed by atoms with E-state index in [9.17, 15) is 4.79 Å². The van der Waals surface area contributed by atoms with Gasteiger partial charge in [-0.05, 0) is 6.42 Å². The third-order valence-corrected chi connectivity index (χ3v) is 3.67. The number of rotatable bonds is 13. The molecule has 114 valence electrons. The van der Waals surface area contributed by atoms with Gasteiger partial charge in [-0.25, -0.2) is 9.10 Å². The third kappa shape index (κ3) is 13.8. The van der Waals surface area contributed by atoms with E-state index in [0.29, 0.717) is 6.61 Å².